The van der Waals surface area contributed by atoms with Crippen molar-refractivity contribution in [1.29, 1.82) is 0 Å². The number of methoxy groups -OCH3 is 1. The number of aromatic nitrogens is 3. The molecule has 4 N–H and O–H groups in total. The van der Waals surface area contributed by atoms with Gasteiger partial charge in [-0.05, 0) is 66.4 Å². The number of fused-ring (bicyclic) bond motifs is 1. The number of phenolic OH excluding ortho intramolecular Hbond substituents is 1. The largest absolute Gasteiger partial charge is 0.507 e. The number of aromatic hydroxyl groups is 1. The maximum atomic E-state index is 13.2. The van der Waals surface area contributed by atoms with Crippen molar-refractivity contribution in [2.45, 2.75) is 31.8 Å². The summed E-state index contributed by atoms with van der Waals surface area (Å²) in [5, 5.41) is 16.6. The van der Waals surface area contributed by atoms with Gasteiger partial charge in [-0.25, -0.2) is 9.97 Å². The first kappa shape index (κ1) is 25.7. The van der Waals surface area contributed by atoms with Crippen LogP contribution in [0.2, 0.25) is 0 Å². The molecule has 0 aliphatic heterocycles. The Morgan fingerprint density at radius 1 is 1.23 bits per heavy atom. The number of phenols is 1. The number of ether oxygens (including phenoxy) is 1. The lowest BCUT2D eigenvalue weighted by molar-refractivity contribution is -0.109. The van der Waals surface area contributed by atoms with Crippen molar-refractivity contribution in [1.82, 2.24) is 25.6 Å². The van der Waals surface area contributed by atoms with Crippen LogP contribution in [-0.4, -0.2) is 51.6 Å². The second-order valence-electron chi connectivity index (χ2n) is 9.21. The Kier molecular flexibility index (Phi) is 7.40. The summed E-state index contributed by atoms with van der Waals surface area (Å²) in [5.41, 5.74) is 4.87. The SMILES string of the molecule is CCC(NC(=O)c1ccc2nc(-c3cc(-c4cccnc4OC)ccc3O)[nH]c2c1)C1=CC=CCC1NC=O. The van der Waals surface area contributed by atoms with E-state index in [1.165, 1.54) is 0 Å². The zero-order chi connectivity index (χ0) is 27.4. The molecule has 2 heterocycles. The number of pyridine rings is 1. The van der Waals surface area contributed by atoms with Gasteiger partial charge in [0.25, 0.3) is 5.91 Å². The number of nitrogens with zero attached hydrogens (tertiary/aromatic N) is 2. The summed E-state index contributed by atoms with van der Waals surface area (Å²) < 4.78 is 5.39. The quantitative estimate of drug-likeness (QED) is 0.239. The van der Waals surface area contributed by atoms with E-state index in [9.17, 15) is 14.7 Å². The highest BCUT2D eigenvalue weighted by atomic mass is 16.5. The molecule has 0 radical (unpaired) electrons. The first-order valence-corrected chi connectivity index (χ1v) is 12.7. The van der Waals surface area contributed by atoms with E-state index in [4.69, 9.17) is 4.74 Å². The van der Waals surface area contributed by atoms with Crippen molar-refractivity contribution >= 4 is 23.4 Å². The van der Waals surface area contributed by atoms with Gasteiger partial charge >= 0.3 is 0 Å². The van der Waals surface area contributed by atoms with Crippen LogP contribution in [0.15, 0.2) is 78.5 Å². The summed E-state index contributed by atoms with van der Waals surface area (Å²) >= 11 is 0. The van der Waals surface area contributed by atoms with Crippen LogP contribution in [-0.2, 0) is 4.79 Å². The Balaban J connectivity index is 1.42. The van der Waals surface area contributed by atoms with Gasteiger partial charge in [0.15, 0.2) is 0 Å². The zero-order valence-electron chi connectivity index (χ0n) is 21.6. The number of benzene rings is 2. The van der Waals surface area contributed by atoms with Crippen LogP contribution >= 0.6 is 0 Å². The van der Waals surface area contributed by atoms with E-state index in [0.29, 0.717) is 53.1 Å². The monoisotopic (exact) mass is 523 g/mol. The molecule has 2 atom stereocenters. The third-order valence-electron chi connectivity index (χ3n) is 6.86. The molecule has 1 aliphatic carbocycles. The van der Waals surface area contributed by atoms with Gasteiger partial charge in [0.1, 0.15) is 11.6 Å². The number of imidazole rings is 1. The number of amides is 2. The molecule has 39 heavy (non-hydrogen) atoms. The fourth-order valence-corrected chi connectivity index (χ4v) is 4.86. The number of H-pyrrole nitrogens is 1. The summed E-state index contributed by atoms with van der Waals surface area (Å²) in [4.78, 5) is 36.4. The molecule has 0 saturated carbocycles. The van der Waals surface area contributed by atoms with Crippen molar-refractivity contribution in [2.75, 3.05) is 7.11 Å². The number of allylic oxidation sites excluding steroid dienone is 2. The second-order valence-corrected chi connectivity index (χ2v) is 9.21. The molecule has 2 aromatic carbocycles. The smallest absolute Gasteiger partial charge is 0.251 e. The number of rotatable bonds is 9. The summed E-state index contributed by atoms with van der Waals surface area (Å²) in [6.07, 6.45) is 9.59. The minimum absolute atomic E-state index is 0.0673. The van der Waals surface area contributed by atoms with Crippen LogP contribution < -0.4 is 15.4 Å². The third kappa shape index (κ3) is 5.24. The lowest BCUT2D eigenvalue weighted by Crippen LogP contribution is -2.43. The van der Waals surface area contributed by atoms with E-state index < -0.39 is 0 Å². The lowest BCUT2D eigenvalue weighted by atomic mass is 9.91. The Morgan fingerprint density at radius 2 is 2.10 bits per heavy atom. The normalized spacial score (nSPS) is 15.4. The average Bonchev–Trinajstić information content (AvgIpc) is 3.40. The molecule has 9 heteroatoms. The highest BCUT2D eigenvalue weighted by Gasteiger charge is 2.24. The molecule has 9 nitrogen and oxygen atoms in total. The highest BCUT2D eigenvalue weighted by molar-refractivity contribution is 5.98. The minimum atomic E-state index is -0.228. The summed E-state index contributed by atoms with van der Waals surface area (Å²) in [6.45, 7) is 1.99. The summed E-state index contributed by atoms with van der Waals surface area (Å²) in [7, 11) is 1.56. The van der Waals surface area contributed by atoms with Gasteiger partial charge in [0.05, 0.1) is 35.8 Å². The number of carbonyl (C=O) groups is 2. The van der Waals surface area contributed by atoms with Gasteiger partial charge in [-0.1, -0.05) is 31.2 Å². The molecule has 2 aromatic heterocycles. The number of carbonyl (C=O) groups excluding carboxylic acids is 2. The van der Waals surface area contributed by atoms with Crippen LogP contribution in [0, 0.1) is 0 Å². The van der Waals surface area contributed by atoms with E-state index in [1.807, 2.05) is 43.4 Å². The van der Waals surface area contributed by atoms with Crippen molar-refractivity contribution in [3.63, 3.8) is 0 Å². The van der Waals surface area contributed by atoms with Crippen molar-refractivity contribution in [3.8, 4) is 34.1 Å². The van der Waals surface area contributed by atoms with Crippen LogP contribution in [0.1, 0.15) is 30.1 Å². The van der Waals surface area contributed by atoms with E-state index in [-0.39, 0.29) is 23.7 Å². The molecule has 5 rings (SSSR count). The average molecular weight is 524 g/mol. The van der Waals surface area contributed by atoms with E-state index in [1.54, 1.807) is 43.6 Å². The minimum Gasteiger partial charge on any atom is -0.507 e. The first-order valence-electron chi connectivity index (χ1n) is 12.7. The van der Waals surface area contributed by atoms with Gasteiger partial charge in [-0.3, -0.25) is 9.59 Å². The maximum absolute atomic E-state index is 13.2. The number of hydrogen-bond donors (Lipinski definition) is 4. The van der Waals surface area contributed by atoms with Crippen molar-refractivity contribution in [3.05, 3.63) is 84.1 Å². The standard InChI is InChI=1S/C30H29N5O4/c1-3-23(21-7-4-5-9-24(21)32-17-36)35-29(38)19-10-12-25-26(16-19)34-28(33-25)22-15-18(11-13-27(22)37)20-8-6-14-31-30(20)39-2/h4-8,10-17,23-24,37H,3,9H2,1-2H3,(H,32,36)(H,33,34)(H,35,38). The molecular weight excluding hydrogens is 494 g/mol. The van der Waals surface area contributed by atoms with Crippen LogP contribution in [0.4, 0.5) is 0 Å². The molecule has 2 unspecified atom stereocenters. The van der Waals surface area contributed by atoms with Gasteiger partial charge in [0.2, 0.25) is 12.3 Å². The molecular formula is C30H29N5O4. The van der Waals surface area contributed by atoms with E-state index in [0.717, 1.165) is 16.7 Å². The fraction of sp³-hybridized carbons (Fsp3) is 0.200. The van der Waals surface area contributed by atoms with Gasteiger partial charge in [-0.2, -0.15) is 0 Å². The number of hydrogen-bond acceptors (Lipinski definition) is 6. The van der Waals surface area contributed by atoms with Gasteiger partial charge in [0, 0.05) is 17.3 Å². The molecule has 0 spiro atoms. The zero-order valence-corrected chi connectivity index (χ0v) is 21.6. The Morgan fingerprint density at radius 3 is 2.90 bits per heavy atom. The Labute approximate surface area is 225 Å². The molecule has 198 valence electrons. The van der Waals surface area contributed by atoms with Crippen molar-refractivity contribution in [2.24, 2.45) is 0 Å². The molecule has 0 fully saturated rings. The van der Waals surface area contributed by atoms with Crippen LogP contribution in [0.5, 0.6) is 11.6 Å². The summed E-state index contributed by atoms with van der Waals surface area (Å²) in [5.74, 6) is 0.789. The maximum Gasteiger partial charge on any atom is 0.251 e. The van der Waals surface area contributed by atoms with Gasteiger partial charge in [-0.15, -0.1) is 0 Å². The summed E-state index contributed by atoms with van der Waals surface area (Å²) in [6, 6.07) is 13.8. The first-order chi connectivity index (χ1) is 19.0. The van der Waals surface area contributed by atoms with Crippen molar-refractivity contribution < 1.29 is 19.4 Å². The third-order valence-corrected chi connectivity index (χ3v) is 6.86. The molecule has 4 aromatic rings. The molecule has 0 saturated heterocycles. The van der Waals surface area contributed by atoms with Crippen LogP contribution in [0.3, 0.4) is 0 Å². The van der Waals surface area contributed by atoms with E-state index >= 15 is 0 Å². The number of nitrogens with one attached hydrogen (secondary N) is 3. The molecule has 1 aliphatic rings. The Bertz CT molecular complexity index is 1590. The molecule has 0 bridgehead atoms. The predicted molar refractivity (Wildman–Crippen MR) is 149 cm³/mol. The lowest BCUT2D eigenvalue weighted by Gasteiger charge is -2.28. The second kappa shape index (κ2) is 11.2. The van der Waals surface area contributed by atoms with E-state index in [2.05, 4.69) is 25.6 Å². The molecule has 2 amide bonds. The topological polar surface area (TPSA) is 129 Å². The Hall–Kier alpha value is -4.92. The fourth-order valence-electron chi connectivity index (χ4n) is 4.86. The highest BCUT2D eigenvalue weighted by Crippen LogP contribution is 2.35. The van der Waals surface area contributed by atoms with Gasteiger partial charge < -0.3 is 25.5 Å². The number of aromatic amines is 1. The predicted octanol–water partition coefficient (Wildman–Crippen LogP) is 4.52. The van der Waals surface area contributed by atoms with Crippen LogP contribution in [0.25, 0.3) is 33.5 Å².